The molecule has 1 atom stereocenters. The quantitative estimate of drug-likeness (QED) is 0.245. The van der Waals surface area contributed by atoms with Crippen molar-refractivity contribution >= 4 is 46.5 Å². The zero-order valence-electron chi connectivity index (χ0n) is 18.9. The van der Waals surface area contributed by atoms with Gasteiger partial charge >= 0.3 is 12.1 Å². The van der Waals surface area contributed by atoms with E-state index in [-0.39, 0.29) is 54.4 Å². The number of benzene rings is 2. The van der Waals surface area contributed by atoms with Crippen LogP contribution in [0.3, 0.4) is 0 Å². The van der Waals surface area contributed by atoms with Gasteiger partial charge in [-0.15, -0.1) is 23.2 Å². The Labute approximate surface area is 210 Å². The van der Waals surface area contributed by atoms with Crippen LogP contribution in [0.2, 0.25) is 0 Å². The highest BCUT2D eigenvalue weighted by Gasteiger charge is 2.39. The fourth-order valence-electron chi connectivity index (χ4n) is 3.86. The minimum atomic E-state index is -4.65. The van der Waals surface area contributed by atoms with Crippen molar-refractivity contribution in [2.24, 2.45) is 4.99 Å². The van der Waals surface area contributed by atoms with Crippen molar-refractivity contribution in [1.29, 1.82) is 0 Å². The first-order chi connectivity index (χ1) is 16.7. The second kappa shape index (κ2) is 11.3. The zero-order valence-corrected chi connectivity index (χ0v) is 20.4. The first kappa shape index (κ1) is 26.9. The predicted molar refractivity (Wildman–Crippen MR) is 126 cm³/mol. The number of methoxy groups -OCH3 is 2. The van der Waals surface area contributed by atoms with Crippen LogP contribution in [-0.4, -0.2) is 55.9 Å². The van der Waals surface area contributed by atoms with Crippen LogP contribution in [0.25, 0.3) is 0 Å². The number of hydrogen-bond donors (Lipinski definition) is 0. The van der Waals surface area contributed by atoms with Gasteiger partial charge < -0.3 is 19.3 Å². The lowest BCUT2D eigenvalue weighted by molar-refractivity contribution is -0.141. The number of rotatable bonds is 8. The van der Waals surface area contributed by atoms with Crippen molar-refractivity contribution in [3.63, 3.8) is 0 Å². The molecule has 0 aromatic heterocycles. The lowest BCUT2D eigenvalue weighted by atomic mass is 9.96. The van der Waals surface area contributed by atoms with E-state index >= 15 is 0 Å². The van der Waals surface area contributed by atoms with Crippen LogP contribution in [-0.2, 0) is 15.7 Å². The van der Waals surface area contributed by atoms with Crippen molar-refractivity contribution < 1.29 is 31.8 Å². The van der Waals surface area contributed by atoms with Crippen molar-refractivity contribution in [3.8, 4) is 5.75 Å². The highest BCUT2D eigenvalue weighted by Crippen LogP contribution is 2.46. The number of esters is 1. The molecule has 0 spiro atoms. The summed E-state index contributed by atoms with van der Waals surface area (Å²) in [6, 6.07) is 6.22. The van der Waals surface area contributed by atoms with E-state index in [1.807, 2.05) is 0 Å². The van der Waals surface area contributed by atoms with Crippen LogP contribution in [0.15, 0.2) is 41.4 Å². The lowest BCUT2D eigenvalue weighted by Gasteiger charge is -2.42. The third kappa shape index (κ3) is 5.75. The van der Waals surface area contributed by atoms with Crippen LogP contribution in [0.4, 0.5) is 28.9 Å². The van der Waals surface area contributed by atoms with E-state index in [1.165, 1.54) is 37.3 Å². The molecule has 0 bridgehead atoms. The second-order valence-electron chi connectivity index (χ2n) is 7.50. The molecule has 190 valence electrons. The van der Waals surface area contributed by atoms with E-state index in [2.05, 4.69) is 4.99 Å². The highest BCUT2D eigenvalue weighted by atomic mass is 35.5. The number of anilines is 1. The summed E-state index contributed by atoms with van der Waals surface area (Å²) in [7, 11) is 2.50. The largest absolute Gasteiger partial charge is 0.495 e. The Hall–Kier alpha value is -2.72. The van der Waals surface area contributed by atoms with Crippen molar-refractivity contribution in [1.82, 2.24) is 4.90 Å². The Morgan fingerprint density at radius 1 is 1.14 bits per heavy atom. The molecule has 0 amide bonds. The second-order valence-corrected chi connectivity index (χ2v) is 8.26. The maximum absolute atomic E-state index is 14.9. The summed E-state index contributed by atoms with van der Waals surface area (Å²) in [5, 5.41) is 0. The number of alkyl halides is 5. The summed E-state index contributed by atoms with van der Waals surface area (Å²) < 4.78 is 66.1. The van der Waals surface area contributed by atoms with Crippen molar-refractivity contribution in [3.05, 3.63) is 53.3 Å². The number of carbonyl (C=O) groups excluding carboxylic acids is 1. The SMILES string of the molecule is COC(=O)C[C@H]1c2cccc(F)c2N=C(N(CCCl)CCCl)N1c1cc(C(F)(F)F)ccc1OC. The van der Waals surface area contributed by atoms with Gasteiger partial charge in [-0.05, 0) is 24.3 Å². The number of carbonyl (C=O) groups is 1. The lowest BCUT2D eigenvalue weighted by Crippen LogP contribution is -2.50. The van der Waals surface area contributed by atoms with E-state index in [0.717, 1.165) is 12.1 Å². The number of aliphatic imine (C=N–C) groups is 1. The van der Waals surface area contributed by atoms with Gasteiger partial charge in [0.25, 0.3) is 0 Å². The van der Waals surface area contributed by atoms with Gasteiger partial charge in [0.2, 0.25) is 5.96 Å². The third-order valence-electron chi connectivity index (χ3n) is 5.46. The first-order valence-corrected chi connectivity index (χ1v) is 11.6. The van der Waals surface area contributed by atoms with E-state index in [0.29, 0.717) is 5.56 Å². The minimum Gasteiger partial charge on any atom is -0.495 e. The van der Waals surface area contributed by atoms with Gasteiger partial charge in [-0.25, -0.2) is 9.38 Å². The number of ether oxygens (including phenoxy) is 2. The van der Waals surface area contributed by atoms with Crippen LogP contribution >= 0.6 is 23.2 Å². The number of nitrogens with zero attached hydrogens (tertiary/aromatic N) is 3. The van der Waals surface area contributed by atoms with Crippen LogP contribution in [0.1, 0.15) is 23.6 Å². The molecule has 0 aliphatic carbocycles. The molecule has 2 aromatic rings. The molecule has 3 rings (SSSR count). The predicted octanol–water partition coefficient (Wildman–Crippen LogP) is 5.74. The molecule has 35 heavy (non-hydrogen) atoms. The fraction of sp³-hybridized carbons (Fsp3) is 0.391. The van der Waals surface area contributed by atoms with E-state index in [4.69, 9.17) is 32.7 Å². The molecule has 1 aliphatic rings. The molecule has 1 heterocycles. The molecule has 12 heteroatoms. The summed E-state index contributed by atoms with van der Waals surface area (Å²) in [5.74, 6) is -0.858. The highest BCUT2D eigenvalue weighted by molar-refractivity contribution is 6.18. The molecule has 2 aromatic carbocycles. The number of fused-ring (bicyclic) bond motifs is 1. The summed E-state index contributed by atoms with van der Waals surface area (Å²) in [4.78, 5) is 19.9. The average molecular weight is 536 g/mol. The summed E-state index contributed by atoms with van der Waals surface area (Å²) >= 11 is 12.0. The standard InChI is InChI=1S/C23H23Cl2F4N3O3/c1-34-19-7-6-14(23(27,28)29)12-18(19)32-17(13-20(33)35-2)15-4-3-5-16(26)21(15)30-22(32)31(10-8-24)11-9-25/h3-7,12,17H,8-11,13H2,1-2H3/t17-/m0/s1. The Balaban J connectivity index is 2.35. The van der Waals surface area contributed by atoms with Gasteiger partial charge in [-0.3, -0.25) is 4.79 Å². The first-order valence-electron chi connectivity index (χ1n) is 10.5. The molecular weight excluding hydrogens is 513 g/mol. The van der Waals surface area contributed by atoms with Crippen LogP contribution in [0, 0.1) is 5.82 Å². The smallest absolute Gasteiger partial charge is 0.416 e. The number of para-hydroxylation sites is 1. The van der Waals surface area contributed by atoms with Gasteiger partial charge in [-0.1, -0.05) is 12.1 Å². The molecule has 1 aliphatic heterocycles. The normalized spacial score (nSPS) is 15.4. The molecule has 0 N–H and O–H groups in total. The van der Waals surface area contributed by atoms with E-state index in [9.17, 15) is 22.4 Å². The van der Waals surface area contributed by atoms with Gasteiger partial charge in [0, 0.05) is 30.4 Å². The van der Waals surface area contributed by atoms with Gasteiger partial charge in [0.15, 0.2) is 0 Å². The van der Waals surface area contributed by atoms with Crippen molar-refractivity contribution in [2.45, 2.75) is 18.6 Å². The molecule has 0 fully saturated rings. The Bertz CT molecular complexity index is 1090. The van der Waals surface area contributed by atoms with Gasteiger partial charge in [-0.2, -0.15) is 13.2 Å². The Morgan fingerprint density at radius 2 is 1.83 bits per heavy atom. The number of guanidine groups is 1. The monoisotopic (exact) mass is 535 g/mol. The number of halogens is 6. The maximum Gasteiger partial charge on any atom is 0.416 e. The minimum absolute atomic E-state index is 0.0148. The summed E-state index contributed by atoms with van der Waals surface area (Å²) in [6.45, 7) is 0.416. The third-order valence-corrected chi connectivity index (χ3v) is 5.80. The van der Waals surface area contributed by atoms with Gasteiger partial charge in [0.05, 0.1) is 37.9 Å². The molecule has 0 saturated heterocycles. The van der Waals surface area contributed by atoms with E-state index < -0.39 is 29.6 Å². The molecular formula is C23H23Cl2F4N3O3. The molecule has 0 saturated carbocycles. The zero-order chi connectivity index (χ0) is 25.8. The molecule has 0 radical (unpaired) electrons. The molecule has 0 unspecified atom stereocenters. The Morgan fingerprint density at radius 3 is 2.40 bits per heavy atom. The fourth-order valence-corrected chi connectivity index (χ4v) is 4.27. The number of hydrogen-bond acceptors (Lipinski definition) is 6. The van der Waals surface area contributed by atoms with Crippen LogP contribution in [0.5, 0.6) is 5.75 Å². The average Bonchev–Trinajstić information content (AvgIpc) is 2.83. The summed E-state index contributed by atoms with van der Waals surface area (Å²) in [6.07, 6.45) is -4.96. The maximum atomic E-state index is 14.9. The van der Waals surface area contributed by atoms with Crippen LogP contribution < -0.4 is 9.64 Å². The van der Waals surface area contributed by atoms with E-state index in [1.54, 1.807) is 11.0 Å². The Kier molecular flexibility index (Phi) is 8.71. The van der Waals surface area contributed by atoms with Gasteiger partial charge in [0.1, 0.15) is 17.3 Å². The summed E-state index contributed by atoms with van der Waals surface area (Å²) in [5.41, 5.74) is -0.683. The topological polar surface area (TPSA) is 54.4 Å². The molecule has 6 nitrogen and oxygen atoms in total. The van der Waals surface area contributed by atoms with Crippen molar-refractivity contribution in [2.75, 3.05) is 44.0 Å².